The van der Waals surface area contributed by atoms with E-state index >= 15 is 4.79 Å². The van der Waals surface area contributed by atoms with E-state index in [9.17, 15) is 19.5 Å². The van der Waals surface area contributed by atoms with Gasteiger partial charge in [0, 0.05) is 21.2 Å². The summed E-state index contributed by atoms with van der Waals surface area (Å²) in [6.07, 6.45) is 2.64. The van der Waals surface area contributed by atoms with Crippen LogP contribution in [-0.2, 0) is 31.1 Å². The van der Waals surface area contributed by atoms with Gasteiger partial charge in [-0.05, 0) is 71.0 Å². The van der Waals surface area contributed by atoms with Gasteiger partial charge in [0.2, 0.25) is 23.6 Å². The summed E-state index contributed by atoms with van der Waals surface area (Å²) in [5, 5.41) is 14.7. The lowest BCUT2D eigenvalue weighted by molar-refractivity contribution is -0.141. The highest BCUT2D eigenvalue weighted by atomic mass is 35.5. The molecule has 9 heteroatoms. The number of aromatic hydroxyl groups is 1. The maximum absolute atomic E-state index is 15.5. The standard InChI is InChI=1S/C41H31ClN2O5S/c42-24-10-6-11-25(20-24)44-38(47)33-21-32-30(15-16-31-35(32)39(48)43(37(31)46)22-26-12-7-19-50-26)36(41(33,40(44)49)23-8-2-1-3-9-23)29-17-18-34(45)28-14-5-4-13-27(28)29/h1-15,17-20,31-33,35-36,45H,16,21-22H2. The van der Waals surface area contributed by atoms with Crippen molar-refractivity contribution in [2.24, 2.45) is 23.7 Å². The molecule has 2 aliphatic heterocycles. The maximum Gasteiger partial charge on any atom is 0.246 e. The minimum absolute atomic E-state index is 0.106. The Balaban J connectivity index is 1.30. The molecule has 0 spiro atoms. The Kier molecular flexibility index (Phi) is 7.13. The number of thiophene rings is 1. The van der Waals surface area contributed by atoms with Gasteiger partial charge in [0.15, 0.2) is 0 Å². The van der Waals surface area contributed by atoms with E-state index in [0.29, 0.717) is 28.1 Å². The number of phenols is 1. The summed E-state index contributed by atoms with van der Waals surface area (Å²) in [6.45, 7) is 0.216. The van der Waals surface area contributed by atoms with Crippen LogP contribution in [0.15, 0.2) is 120 Å². The third kappa shape index (κ3) is 4.28. The van der Waals surface area contributed by atoms with Gasteiger partial charge in [-0.3, -0.25) is 24.1 Å². The number of halogens is 1. The monoisotopic (exact) mass is 698 g/mol. The molecule has 50 heavy (non-hydrogen) atoms. The Morgan fingerprint density at radius 2 is 1.58 bits per heavy atom. The van der Waals surface area contributed by atoms with Crippen molar-refractivity contribution in [2.75, 3.05) is 4.90 Å². The van der Waals surface area contributed by atoms with Crippen molar-refractivity contribution in [3.05, 3.63) is 141 Å². The van der Waals surface area contributed by atoms with E-state index in [0.717, 1.165) is 21.4 Å². The molecule has 2 saturated heterocycles. The number of carbonyl (C=O) groups excluding carboxylic acids is 4. The molecule has 2 aliphatic carbocycles. The minimum Gasteiger partial charge on any atom is -0.507 e. The summed E-state index contributed by atoms with van der Waals surface area (Å²) in [4.78, 5) is 62.4. The number of anilines is 1. The second kappa shape index (κ2) is 11.5. The predicted octanol–water partition coefficient (Wildman–Crippen LogP) is 7.62. The number of amides is 4. The van der Waals surface area contributed by atoms with Crippen LogP contribution in [-0.4, -0.2) is 33.6 Å². The molecule has 3 heterocycles. The van der Waals surface area contributed by atoms with Crippen LogP contribution in [0.1, 0.15) is 34.8 Å². The van der Waals surface area contributed by atoms with Gasteiger partial charge in [0.05, 0.1) is 35.4 Å². The van der Waals surface area contributed by atoms with E-state index in [1.807, 2.05) is 78.2 Å². The minimum atomic E-state index is -1.39. The van der Waals surface area contributed by atoms with Crippen molar-refractivity contribution < 1.29 is 24.3 Å². The Morgan fingerprint density at radius 3 is 2.34 bits per heavy atom. The molecule has 4 amide bonds. The Bertz CT molecular complexity index is 2270. The fraction of sp³-hybridized carbons (Fsp3) is 0.220. The van der Waals surface area contributed by atoms with Gasteiger partial charge in [-0.25, -0.2) is 4.90 Å². The normalized spacial score (nSPS) is 27.4. The number of imide groups is 2. The molecule has 1 N–H and O–H groups in total. The van der Waals surface area contributed by atoms with Gasteiger partial charge in [0.25, 0.3) is 0 Å². The Labute approximate surface area is 297 Å². The molecule has 4 aromatic carbocycles. The first-order valence-electron chi connectivity index (χ1n) is 16.8. The number of phenolic OH excluding ortho intramolecular Hbond substituents is 1. The zero-order valence-corrected chi connectivity index (χ0v) is 28.3. The third-order valence-corrected chi connectivity index (χ3v) is 12.5. The summed E-state index contributed by atoms with van der Waals surface area (Å²) < 4.78 is 0. The quantitative estimate of drug-likeness (QED) is 0.151. The zero-order valence-electron chi connectivity index (χ0n) is 26.7. The van der Waals surface area contributed by atoms with Crippen molar-refractivity contribution in [1.82, 2.24) is 4.90 Å². The fourth-order valence-electron chi connectivity index (χ4n) is 9.43. The number of benzene rings is 4. The average molecular weight is 699 g/mol. The number of likely N-dealkylation sites (tertiary alicyclic amines) is 1. The number of nitrogens with zero attached hydrogens (tertiary/aromatic N) is 2. The van der Waals surface area contributed by atoms with Crippen LogP contribution >= 0.6 is 22.9 Å². The average Bonchev–Trinajstić information content (AvgIpc) is 3.80. The fourth-order valence-corrected chi connectivity index (χ4v) is 10.3. The molecule has 0 bridgehead atoms. The summed E-state index contributed by atoms with van der Waals surface area (Å²) in [5.41, 5.74) is 1.36. The Morgan fingerprint density at radius 1 is 0.800 bits per heavy atom. The molecular formula is C41H31ClN2O5S. The number of carbonyl (C=O) groups is 4. The molecule has 6 atom stereocenters. The van der Waals surface area contributed by atoms with Gasteiger partial charge < -0.3 is 5.11 Å². The predicted molar refractivity (Wildman–Crippen MR) is 192 cm³/mol. The van der Waals surface area contributed by atoms with E-state index < -0.39 is 35.0 Å². The second-order valence-corrected chi connectivity index (χ2v) is 15.1. The summed E-state index contributed by atoms with van der Waals surface area (Å²) >= 11 is 7.93. The lowest BCUT2D eigenvalue weighted by atomic mass is 9.49. The van der Waals surface area contributed by atoms with E-state index in [4.69, 9.17) is 11.6 Å². The lowest BCUT2D eigenvalue weighted by Gasteiger charge is -2.51. The first-order valence-corrected chi connectivity index (χ1v) is 18.0. The first kappa shape index (κ1) is 31.0. The molecule has 0 radical (unpaired) electrons. The maximum atomic E-state index is 15.5. The second-order valence-electron chi connectivity index (χ2n) is 13.7. The topological polar surface area (TPSA) is 95.0 Å². The van der Waals surface area contributed by atoms with E-state index in [2.05, 4.69) is 6.08 Å². The van der Waals surface area contributed by atoms with Crippen LogP contribution in [0, 0.1) is 23.7 Å². The Hall–Kier alpha value is -5.05. The van der Waals surface area contributed by atoms with Crippen molar-refractivity contribution in [3.8, 4) is 5.75 Å². The number of fused-ring (bicyclic) bond motifs is 5. The number of hydrogen-bond acceptors (Lipinski definition) is 6. The molecule has 9 rings (SSSR count). The van der Waals surface area contributed by atoms with Crippen LogP contribution in [0.4, 0.5) is 5.69 Å². The SMILES string of the molecule is O=C1C2CC=C3C(CC4C(=O)N(c5cccc(Cl)c5)C(=O)C4(c4ccccc4)C3c3ccc(O)c4ccccc34)C2C(=O)N1Cc1cccs1. The highest BCUT2D eigenvalue weighted by Gasteiger charge is 2.70. The van der Waals surface area contributed by atoms with Crippen molar-refractivity contribution in [3.63, 3.8) is 0 Å². The molecule has 6 unspecified atom stereocenters. The third-order valence-electron chi connectivity index (χ3n) is 11.4. The smallest absolute Gasteiger partial charge is 0.246 e. The van der Waals surface area contributed by atoms with Crippen LogP contribution in [0.3, 0.4) is 0 Å². The summed E-state index contributed by atoms with van der Waals surface area (Å²) in [6, 6.07) is 31.1. The largest absolute Gasteiger partial charge is 0.507 e. The molecule has 248 valence electrons. The van der Waals surface area contributed by atoms with E-state index in [1.54, 1.807) is 30.3 Å². The zero-order chi connectivity index (χ0) is 34.3. The molecule has 5 aromatic rings. The van der Waals surface area contributed by atoms with E-state index in [-0.39, 0.29) is 42.3 Å². The van der Waals surface area contributed by atoms with Crippen LogP contribution in [0.25, 0.3) is 10.8 Å². The van der Waals surface area contributed by atoms with Crippen molar-refractivity contribution in [1.29, 1.82) is 0 Å². The molecule has 7 nitrogen and oxygen atoms in total. The first-order chi connectivity index (χ1) is 24.3. The van der Waals surface area contributed by atoms with Crippen molar-refractivity contribution >= 4 is 63.0 Å². The van der Waals surface area contributed by atoms with Crippen LogP contribution < -0.4 is 4.90 Å². The lowest BCUT2D eigenvalue weighted by Crippen LogP contribution is -2.53. The van der Waals surface area contributed by atoms with Crippen LogP contribution in [0.2, 0.25) is 5.02 Å². The van der Waals surface area contributed by atoms with Gasteiger partial charge in [0.1, 0.15) is 5.75 Å². The molecule has 1 saturated carbocycles. The number of rotatable bonds is 5. The van der Waals surface area contributed by atoms with Gasteiger partial charge in [-0.15, -0.1) is 11.3 Å². The summed E-state index contributed by atoms with van der Waals surface area (Å²) in [5.74, 6) is -4.25. The van der Waals surface area contributed by atoms with E-state index in [1.165, 1.54) is 21.1 Å². The molecule has 3 fully saturated rings. The summed E-state index contributed by atoms with van der Waals surface area (Å²) in [7, 11) is 0. The number of allylic oxidation sites excluding steroid dienone is 2. The molecule has 4 aliphatic rings. The number of hydrogen-bond donors (Lipinski definition) is 1. The van der Waals surface area contributed by atoms with Crippen molar-refractivity contribution in [2.45, 2.75) is 30.7 Å². The highest BCUT2D eigenvalue weighted by Crippen LogP contribution is 2.65. The highest BCUT2D eigenvalue weighted by molar-refractivity contribution is 7.09. The van der Waals surface area contributed by atoms with Gasteiger partial charge >= 0.3 is 0 Å². The van der Waals surface area contributed by atoms with Gasteiger partial charge in [-0.2, -0.15) is 0 Å². The van der Waals surface area contributed by atoms with Crippen LogP contribution in [0.5, 0.6) is 5.75 Å². The molecule has 1 aromatic heterocycles. The molecular weight excluding hydrogens is 668 g/mol. The van der Waals surface area contributed by atoms with Gasteiger partial charge in [-0.1, -0.05) is 96.0 Å².